The van der Waals surface area contributed by atoms with Gasteiger partial charge < -0.3 is 0 Å². The van der Waals surface area contributed by atoms with E-state index in [1.807, 2.05) is 0 Å². The molecule has 0 amide bonds. The summed E-state index contributed by atoms with van der Waals surface area (Å²) in [4.78, 5) is 0. The van der Waals surface area contributed by atoms with Crippen LogP contribution in [0, 0.1) is 0 Å². The summed E-state index contributed by atoms with van der Waals surface area (Å²) < 4.78 is 12.7. The van der Waals surface area contributed by atoms with Crippen LogP contribution >= 0.6 is 20.0 Å². The molecule has 7 heteroatoms. The van der Waals surface area contributed by atoms with Crippen molar-refractivity contribution in [3.05, 3.63) is 42.5 Å². The van der Waals surface area contributed by atoms with Crippen LogP contribution in [-0.2, 0) is 9.31 Å². The molecule has 25 heavy (non-hydrogen) atoms. The summed E-state index contributed by atoms with van der Waals surface area (Å²) in [5, 5.41) is 2.13. The van der Waals surface area contributed by atoms with Crippen LogP contribution in [-0.4, -0.2) is 37.8 Å². The monoisotopic (exact) mass is 458 g/mol. The van der Waals surface area contributed by atoms with Crippen molar-refractivity contribution < 1.29 is 9.31 Å². The van der Waals surface area contributed by atoms with E-state index in [1.165, 1.54) is 5.19 Å². The Labute approximate surface area is 164 Å². The number of benzene rings is 1. The third-order valence-corrected chi connectivity index (χ3v) is 28.4. The van der Waals surface area contributed by atoms with E-state index >= 15 is 0 Å². The van der Waals surface area contributed by atoms with Gasteiger partial charge in [-0.3, -0.25) is 0 Å². The molecule has 0 N–H and O–H groups in total. The second kappa shape index (κ2) is 6.15. The molecule has 1 unspecified atom stereocenters. The first-order valence-corrected chi connectivity index (χ1v) is 19.9. The Morgan fingerprint density at radius 3 is 1.96 bits per heavy atom. The second-order valence-corrected chi connectivity index (χ2v) is 27.7. The van der Waals surface area contributed by atoms with E-state index in [2.05, 4.69) is 83.3 Å². The summed E-state index contributed by atoms with van der Waals surface area (Å²) in [6.45, 7) is 13.1. The average molecular weight is 458 g/mol. The van der Waals surface area contributed by atoms with E-state index in [0.29, 0.717) is 0 Å². The summed E-state index contributed by atoms with van der Waals surface area (Å²) in [7, 11) is 11.8. The fourth-order valence-electron chi connectivity index (χ4n) is 4.02. The van der Waals surface area contributed by atoms with Crippen LogP contribution in [0.25, 0.3) is 0 Å². The molecule has 0 bridgehead atoms. The SMILES string of the molecule is CC1(C)OB([C]2([Si](C)(C)c3ccccc3)C=C[CH2][Ge]2([Cl])[Cl])OC1(C)C. The molecule has 1 fully saturated rings. The van der Waals surface area contributed by atoms with Gasteiger partial charge in [-0.1, -0.05) is 0 Å². The zero-order chi connectivity index (χ0) is 18.7. The summed E-state index contributed by atoms with van der Waals surface area (Å²) in [6.07, 6.45) is 4.43. The Hall–Kier alpha value is 0.285. The molecule has 0 spiro atoms. The molecule has 0 radical (unpaired) electrons. The Bertz CT molecular complexity index is 678. The van der Waals surface area contributed by atoms with E-state index in [9.17, 15) is 0 Å². The van der Waals surface area contributed by atoms with E-state index in [-0.39, 0.29) is 3.77 Å². The van der Waals surface area contributed by atoms with E-state index < -0.39 is 37.8 Å². The van der Waals surface area contributed by atoms with E-state index in [0.717, 1.165) is 5.25 Å². The molecule has 2 aliphatic rings. The third kappa shape index (κ3) is 2.83. The molecular weight excluding hydrogens is 431 g/mol. The maximum atomic E-state index is 7.16. The van der Waals surface area contributed by atoms with E-state index in [4.69, 9.17) is 29.3 Å². The van der Waals surface area contributed by atoms with Crippen LogP contribution in [0.2, 0.25) is 22.1 Å². The summed E-state index contributed by atoms with van der Waals surface area (Å²) >= 11 is -3.29. The van der Waals surface area contributed by atoms with Crippen LogP contribution in [0.15, 0.2) is 42.5 Å². The summed E-state index contributed by atoms with van der Waals surface area (Å²) in [5.41, 5.74) is -0.789. The van der Waals surface area contributed by atoms with Gasteiger partial charge in [0.15, 0.2) is 0 Å². The van der Waals surface area contributed by atoms with Crippen LogP contribution in [0.4, 0.5) is 0 Å². The number of hydrogen-bond donors (Lipinski definition) is 0. The zero-order valence-electron chi connectivity index (χ0n) is 15.9. The van der Waals surface area contributed by atoms with Crippen LogP contribution < -0.4 is 5.19 Å². The van der Waals surface area contributed by atoms with Crippen LogP contribution in [0.5, 0.6) is 0 Å². The third-order valence-electron chi connectivity index (χ3n) is 6.51. The van der Waals surface area contributed by atoms with Crippen molar-refractivity contribution >= 4 is 51.8 Å². The molecular formula is C18H27BCl2GeO2Si. The molecule has 1 saturated heterocycles. The molecule has 1 aromatic rings. The van der Waals surface area contributed by atoms with Crippen molar-refractivity contribution in [3.8, 4) is 0 Å². The standard InChI is InChI=1S/C18H27BCl2GeO2Si/c1-16(2)17(3,4)24-19(23-16)18(13-10-14-22(18,20)21)25(5,6)15-11-8-7-9-12-15/h7-13H,14H2,1-6H3. The molecule has 0 aliphatic carbocycles. The first-order chi connectivity index (χ1) is 11.4. The first-order valence-electron chi connectivity index (χ1n) is 8.84. The van der Waals surface area contributed by atoms with Crippen molar-refractivity contribution in [2.75, 3.05) is 0 Å². The molecule has 2 nitrogen and oxygen atoms in total. The minimum absolute atomic E-state index is 0.386. The Morgan fingerprint density at radius 2 is 1.52 bits per heavy atom. The number of allylic oxidation sites excluding steroid dienone is 2. The fourth-order valence-corrected chi connectivity index (χ4v) is 28.0. The van der Waals surface area contributed by atoms with Gasteiger partial charge in [0.25, 0.3) is 0 Å². The van der Waals surface area contributed by atoms with E-state index in [1.54, 1.807) is 0 Å². The van der Waals surface area contributed by atoms with Crippen molar-refractivity contribution in [1.82, 2.24) is 0 Å². The zero-order valence-corrected chi connectivity index (χ0v) is 20.5. The first kappa shape index (κ1) is 20.0. The van der Waals surface area contributed by atoms with Crippen LogP contribution in [0.3, 0.4) is 0 Å². The molecule has 0 saturated carbocycles. The number of halogens is 2. The average Bonchev–Trinajstić information content (AvgIpc) is 2.93. The summed E-state index contributed by atoms with van der Waals surface area (Å²) in [5.74, 6) is 0. The predicted octanol–water partition coefficient (Wildman–Crippen LogP) is 5.00. The van der Waals surface area contributed by atoms with Gasteiger partial charge in [-0.05, 0) is 0 Å². The van der Waals surface area contributed by atoms with Crippen molar-refractivity contribution in [2.45, 2.75) is 61.0 Å². The predicted molar refractivity (Wildman–Crippen MR) is 114 cm³/mol. The topological polar surface area (TPSA) is 18.5 Å². The van der Waals surface area contributed by atoms with Gasteiger partial charge in [-0.2, -0.15) is 0 Å². The molecule has 2 aliphatic heterocycles. The van der Waals surface area contributed by atoms with Gasteiger partial charge in [0.1, 0.15) is 0 Å². The molecule has 136 valence electrons. The Morgan fingerprint density at radius 1 is 1.00 bits per heavy atom. The van der Waals surface area contributed by atoms with Crippen molar-refractivity contribution in [1.29, 1.82) is 0 Å². The number of hydrogen-bond acceptors (Lipinski definition) is 2. The van der Waals surface area contributed by atoms with Gasteiger partial charge in [0, 0.05) is 0 Å². The molecule has 0 aromatic heterocycles. The molecule has 2 heterocycles. The van der Waals surface area contributed by atoms with Crippen molar-refractivity contribution in [2.24, 2.45) is 0 Å². The minimum atomic E-state index is -3.29. The quantitative estimate of drug-likeness (QED) is 0.469. The normalized spacial score (nSPS) is 30.0. The molecule has 3 rings (SSSR count). The molecule has 1 atom stereocenters. The number of rotatable bonds is 3. The van der Waals surface area contributed by atoms with Crippen molar-refractivity contribution in [3.63, 3.8) is 0 Å². The Kier molecular flexibility index (Phi) is 4.92. The Balaban J connectivity index is 2.16. The van der Waals surface area contributed by atoms with Gasteiger partial charge in [0.05, 0.1) is 0 Å². The maximum absolute atomic E-state index is 7.16. The van der Waals surface area contributed by atoms with Gasteiger partial charge in [-0.25, -0.2) is 0 Å². The van der Waals surface area contributed by atoms with Crippen LogP contribution in [0.1, 0.15) is 27.7 Å². The summed E-state index contributed by atoms with van der Waals surface area (Å²) in [6, 6.07) is 10.7. The van der Waals surface area contributed by atoms with Gasteiger partial charge >= 0.3 is 165 Å². The fraction of sp³-hybridized carbons (Fsp3) is 0.556. The van der Waals surface area contributed by atoms with Gasteiger partial charge in [-0.15, -0.1) is 0 Å². The van der Waals surface area contributed by atoms with Gasteiger partial charge in [0.2, 0.25) is 0 Å². The molecule has 1 aromatic carbocycles. The second-order valence-electron chi connectivity index (χ2n) is 8.76.